The molecule has 0 aliphatic rings. The molecule has 0 aliphatic carbocycles. The van der Waals surface area contributed by atoms with Gasteiger partial charge in [0.1, 0.15) is 11.6 Å². The van der Waals surface area contributed by atoms with Gasteiger partial charge in [-0.05, 0) is 0 Å². The van der Waals surface area contributed by atoms with E-state index in [1.165, 1.54) is 20.2 Å². The van der Waals surface area contributed by atoms with Gasteiger partial charge >= 0.3 is 12.1 Å². The average molecular weight is 517 g/mol. The summed E-state index contributed by atoms with van der Waals surface area (Å²) in [4.78, 5) is 13.6. The van der Waals surface area contributed by atoms with Crippen molar-refractivity contribution >= 4 is 29.8 Å². The molecule has 0 rings (SSSR count). The second-order valence-corrected chi connectivity index (χ2v) is 4.43. The van der Waals surface area contributed by atoms with Crippen LogP contribution >= 0.6 is 24.0 Å². The first kappa shape index (κ1) is 31.5. The Bertz CT molecular complexity index is 548. The zero-order valence-electron chi connectivity index (χ0n) is 13.7. The first-order valence-electron chi connectivity index (χ1n) is 5.81. The van der Waals surface area contributed by atoms with Crippen LogP contribution in [-0.2, 0) is 23.4 Å². The van der Waals surface area contributed by atoms with Gasteiger partial charge in [0.05, 0.1) is 6.07 Å². The van der Waals surface area contributed by atoms with Crippen LogP contribution in [0.4, 0.5) is 22.0 Å². The normalized spacial score (nSPS) is 10.9. The van der Waals surface area contributed by atoms with Gasteiger partial charge < -0.3 is 9.80 Å². The summed E-state index contributed by atoms with van der Waals surface area (Å²) in [5.41, 5.74) is -1.26. The number of alkyl halides is 5. The summed E-state index contributed by atoms with van der Waals surface area (Å²) in [7, 11) is 6.29. The first-order chi connectivity index (χ1) is 10.3. The topological polar surface area (TPSA) is 71.1 Å². The molecule has 0 unspecified atom stereocenters. The van der Waals surface area contributed by atoms with Gasteiger partial charge in [0, 0.05) is 65.2 Å². The van der Waals surface area contributed by atoms with Gasteiger partial charge in [0.2, 0.25) is 0 Å². The molecule has 12 heteroatoms. The van der Waals surface area contributed by atoms with E-state index < -0.39 is 23.5 Å². The van der Waals surface area contributed by atoms with Crippen molar-refractivity contribution in [1.29, 1.82) is 10.5 Å². The van der Waals surface area contributed by atoms with Crippen LogP contribution in [0.2, 0.25) is 0 Å². The Hall–Kier alpha value is -1.31. The number of nitrogens with zero attached hydrogens (tertiary/aromatic N) is 4. The first-order valence-corrected chi connectivity index (χ1v) is 5.81. The molecule has 0 amide bonds. The Morgan fingerprint density at radius 1 is 1.00 bits per heavy atom. The number of allylic oxidation sites excluding steroid dienone is 2. The van der Waals surface area contributed by atoms with E-state index in [2.05, 4.69) is 0 Å². The van der Waals surface area contributed by atoms with E-state index in [1.807, 2.05) is 25.1 Å². The van der Waals surface area contributed by atoms with Crippen LogP contribution in [0.1, 0.15) is 0 Å². The molecule has 0 spiro atoms. The van der Waals surface area contributed by atoms with E-state index in [-0.39, 0.29) is 42.5 Å². The molecule has 0 saturated carbocycles. The quantitative estimate of drug-likeness (QED) is 0.249. The number of hydrogen-bond acceptors (Lipinski definition) is 5. The zero-order valence-corrected chi connectivity index (χ0v) is 17.4. The molecule has 141 valence electrons. The van der Waals surface area contributed by atoms with Crippen molar-refractivity contribution < 1.29 is 45.3 Å². The molecule has 0 heterocycles. The summed E-state index contributed by atoms with van der Waals surface area (Å²) in [5, 5.41) is 16.3. The van der Waals surface area contributed by atoms with Gasteiger partial charge in [-0.1, -0.05) is 0 Å². The Kier molecular flexibility index (Phi) is 17.5. The summed E-state index contributed by atoms with van der Waals surface area (Å²) in [6, 6.07) is 2.88. The number of carbonyl (C=O) groups is 1. The van der Waals surface area contributed by atoms with Crippen LogP contribution in [0.3, 0.4) is 0 Å². The van der Waals surface area contributed by atoms with Crippen LogP contribution in [0.5, 0.6) is 0 Å². The Balaban J connectivity index is -0.000000210. The number of halogens is 6. The second kappa shape index (κ2) is 13.9. The maximum Gasteiger partial charge on any atom is 0.461 e. The summed E-state index contributed by atoms with van der Waals surface area (Å²) in [6.07, 6.45) is -2.28. The number of carbonyl (C=O) groups excluding carboxylic acids is 1. The van der Waals surface area contributed by atoms with Crippen LogP contribution in [0, 0.1) is 22.7 Å². The third-order valence-electron chi connectivity index (χ3n) is 1.84. The van der Waals surface area contributed by atoms with Crippen molar-refractivity contribution in [2.75, 3.05) is 28.2 Å². The molecule has 25 heavy (non-hydrogen) atoms. The fourth-order valence-corrected chi connectivity index (χ4v) is 0.877. The standard InChI is InChI=1S/C8H7F5N2O.C5H8N2.HI.V/c1-15(2)4-5(3-14)6(16)7(9,10)8(11,12)13;1-7(2)5-3-4-6;;/h4H,1-2H3;3,5H,1-2H3;1H;/b5-4-;5-3-;;. The van der Waals surface area contributed by atoms with Crippen LogP contribution in [0.15, 0.2) is 24.0 Å². The molecule has 0 atom stereocenters. The predicted octanol–water partition coefficient (Wildman–Crippen LogP) is 2.92. The van der Waals surface area contributed by atoms with Gasteiger partial charge in [0.25, 0.3) is 5.78 Å². The van der Waals surface area contributed by atoms with Crippen molar-refractivity contribution in [3.05, 3.63) is 24.0 Å². The van der Waals surface area contributed by atoms with Crippen LogP contribution in [0.25, 0.3) is 0 Å². The number of hydrogen-bond donors (Lipinski definition) is 0. The molecule has 1 radical (unpaired) electrons. The van der Waals surface area contributed by atoms with E-state index >= 15 is 0 Å². The van der Waals surface area contributed by atoms with Crippen molar-refractivity contribution in [3.8, 4) is 12.1 Å². The van der Waals surface area contributed by atoms with Crippen molar-refractivity contribution in [1.82, 2.24) is 9.80 Å². The Morgan fingerprint density at radius 2 is 1.44 bits per heavy atom. The van der Waals surface area contributed by atoms with Gasteiger partial charge in [-0.15, -0.1) is 24.0 Å². The smallest absolute Gasteiger partial charge is 0.383 e. The minimum absolute atomic E-state index is 0. The minimum atomic E-state index is -6.01. The second-order valence-electron chi connectivity index (χ2n) is 4.43. The number of rotatable bonds is 4. The van der Waals surface area contributed by atoms with Crippen LogP contribution in [-0.4, -0.2) is 55.9 Å². The summed E-state index contributed by atoms with van der Waals surface area (Å²) < 4.78 is 60.4. The third-order valence-corrected chi connectivity index (χ3v) is 1.84. The van der Waals surface area contributed by atoms with E-state index in [1.54, 1.807) is 6.20 Å². The van der Waals surface area contributed by atoms with Crippen molar-refractivity contribution in [3.63, 3.8) is 0 Å². The van der Waals surface area contributed by atoms with Crippen LogP contribution < -0.4 is 0 Å². The Labute approximate surface area is 171 Å². The molecule has 0 bridgehead atoms. The molecular weight excluding hydrogens is 501 g/mol. The maximum atomic E-state index is 12.5. The molecule has 0 aliphatic heterocycles. The van der Waals surface area contributed by atoms with E-state index in [0.29, 0.717) is 6.20 Å². The number of Topliss-reactive ketones (excluding diaryl/α,β-unsaturated/α-hetero) is 1. The van der Waals surface area contributed by atoms with E-state index in [0.717, 1.165) is 11.0 Å². The molecule has 0 aromatic carbocycles. The summed E-state index contributed by atoms with van der Waals surface area (Å²) >= 11 is 0. The predicted molar refractivity (Wildman–Crippen MR) is 87.2 cm³/mol. The SMILES string of the molecule is CN(C)/C=C(/C#N)C(=O)C(F)(F)C(F)(F)F.CN(C)/C=C\C#N.I.[V]. The molecule has 0 saturated heterocycles. The largest absolute Gasteiger partial charge is 0.461 e. The number of nitriles is 2. The van der Waals surface area contributed by atoms with Gasteiger partial charge in [0.15, 0.2) is 0 Å². The third kappa shape index (κ3) is 12.7. The number of ketones is 1. The van der Waals surface area contributed by atoms with Gasteiger partial charge in [-0.25, -0.2) is 0 Å². The molecule has 0 aromatic rings. The van der Waals surface area contributed by atoms with Crippen molar-refractivity contribution in [2.24, 2.45) is 0 Å². The molecular formula is C13H16F5IN4OV. The maximum absolute atomic E-state index is 12.5. The zero-order chi connectivity index (χ0) is 18.8. The minimum Gasteiger partial charge on any atom is -0.383 e. The monoisotopic (exact) mass is 517 g/mol. The molecule has 0 N–H and O–H groups in total. The molecule has 0 aromatic heterocycles. The molecule has 5 nitrogen and oxygen atoms in total. The van der Waals surface area contributed by atoms with Crippen molar-refractivity contribution in [2.45, 2.75) is 12.1 Å². The fraction of sp³-hybridized carbons (Fsp3) is 0.462. The van der Waals surface area contributed by atoms with Gasteiger partial charge in [-0.3, -0.25) is 4.79 Å². The Morgan fingerprint density at radius 3 is 1.64 bits per heavy atom. The van der Waals surface area contributed by atoms with Gasteiger partial charge in [-0.2, -0.15) is 32.5 Å². The van der Waals surface area contributed by atoms with E-state index in [4.69, 9.17) is 10.5 Å². The average Bonchev–Trinajstić information content (AvgIpc) is 2.40. The molecule has 0 fully saturated rings. The summed E-state index contributed by atoms with van der Waals surface area (Å²) in [6.45, 7) is 0. The fourth-order valence-electron chi connectivity index (χ4n) is 0.877. The van der Waals surface area contributed by atoms with E-state index in [9.17, 15) is 26.7 Å². The summed E-state index contributed by atoms with van der Waals surface area (Å²) in [5.74, 6) is -8.11.